The predicted octanol–water partition coefficient (Wildman–Crippen LogP) is 1.35. The van der Waals surface area contributed by atoms with Gasteiger partial charge in [0, 0.05) is 13.1 Å². The summed E-state index contributed by atoms with van der Waals surface area (Å²) in [7, 11) is 0. The molecule has 0 bridgehead atoms. The minimum Gasteiger partial charge on any atom is -0.480 e. The molecule has 0 spiro atoms. The van der Waals surface area contributed by atoms with Gasteiger partial charge in [0.1, 0.15) is 6.04 Å². The van der Waals surface area contributed by atoms with Crippen LogP contribution in [0.2, 0.25) is 0 Å². The lowest BCUT2D eigenvalue weighted by atomic mass is 10.1. The third-order valence-electron chi connectivity index (χ3n) is 2.74. The Morgan fingerprint density at radius 2 is 2.00 bits per heavy atom. The molecule has 15 heavy (non-hydrogen) atoms. The molecule has 0 aromatic carbocycles. The molecule has 3 atom stereocenters. The highest BCUT2D eigenvalue weighted by Gasteiger charge is 2.31. The summed E-state index contributed by atoms with van der Waals surface area (Å²) in [6.07, 6.45) is 1.88. The number of nitrogens with zero attached hydrogens (tertiary/aromatic N) is 1. The first-order valence-corrected chi connectivity index (χ1v) is 5.67. The van der Waals surface area contributed by atoms with E-state index in [1.807, 2.05) is 25.7 Å². The maximum absolute atomic E-state index is 11.1. The van der Waals surface area contributed by atoms with Crippen molar-refractivity contribution in [3.63, 3.8) is 0 Å². The van der Waals surface area contributed by atoms with Crippen molar-refractivity contribution in [1.82, 2.24) is 4.90 Å². The summed E-state index contributed by atoms with van der Waals surface area (Å²) in [5.41, 5.74) is 0. The standard InChI is InChI=1S/C11H21NO3/c1-4-5-10(11(13)14)12-6-8(2)15-9(3)7-12/h8-10H,4-7H2,1-3H3,(H,13,14). The first kappa shape index (κ1) is 12.5. The van der Waals surface area contributed by atoms with E-state index in [1.165, 1.54) is 0 Å². The van der Waals surface area contributed by atoms with Gasteiger partial charge in [0.05, 0.1) is 12.2 Å². The van der Waals surface area contributed by atoms with E-state index in [1.54, 1.807) is 0 Å². The molecule has 4 heteroatoms. The summed E-state index contributed by atoms with van der Waals surface area (Å²) in [6.45, 7) is 7.45. The molecule has 1 heterocycles. The highest BCUT2D eigenvalue weighted by Crippen LogP contribution is 2.16. The Morgan fingerprint density at radius 1 is 1.47 bits per heavy atom. The van der Waals surface area contributed by atoms with Gasteiger partial charge in [-0.05, 0) is 20.3 Å². The number of carbonyl (C=O) groups is 1. The fraction of sp³-hybridized carbons (Fsp3) is 0.909. The van der Waals surface area contributed by atoms with Crippen LogP contribution in [0.25, 0.3) is 0 Å². The number of hydrogen-bond acceptors (Lipinski definition) is 3. The minimum atomic E-state index is -0.710. The first-order valence-electron chi connectivity index (χ1n) is 5.67. The van der Waals surface area contributed by atoms with Gasteiger partial charge in [-0.1, -0.05) is 13.3 Å². The molecular formula is C11H21NO3. The minimum absolute atomic E-state index is 0.132. The molecule has 0 radical (unpaired) electrons. The van der Waals surface area contributed by atoms with E-state index in [4.69, 9.17) is 9.84 Å². The van der Waals surface area contributed by atoms with Crippen molar-refractivity contribution in [2.24, 2.45) is 0 Å². The molecule has 3 unspecified atom stereocenters. The topological polar surface area (TPSA) is 49.8 Å². The average Bonchev–Trinajstić information content (AvgIpc) is 2.11. The second-order valence-corrected chi connectivity index (χ2v) is 4.35. The lowest BCUT2D eigenvalue weighted by molar-refractivity contribution is -0.149. The lowest BCUT2D eigenvalue weighted by Gasteiger charge is -2.38. The van der Waals surface area contributed by atoms with Gasteiger partial charge in [-0.15, -0.1) is 0 Å². The number of carboxylic acids is 1. The summed E-state index contributed by atoms with van der Waals surface area (Å²) in [5, 5.41) is 9.15. The first-order chi connectivity index (χ1) is 7.04. The Morgan fingerprint density at radius 3 is 2.40 bits per heavy atom. The monoisotopic (exact) mass is 215 g/mol. The Hall–Kier alpha value is -0.610. The molecular weight excluding hydrogens is 194 g/mol. The molecule has 1 aliphatic rings. The van der Waals surface area contributed by atoms with E-state index in [-0.39, 0.29) is 18.2 Å². The van der Waals surface area contributed by atoms with Crippen molar-refractivity contribution in [2.75, 3.05) is 13.1 Å². The van der Waals surface area contributed by atoms with Crippen molar-refractivity contribution in [3.8, 4) is 0 Å². The zero-order valence-corrected chi connectivity index (χ0v) is 9.77. The third kappa shape index (κ3) is 3.47. The normalized spacial score (nSPS) is 30.1. The quantitative estimate of drug-likeness (QED) is 0.769. The van der Waals surface area contributed by atoms with Crippen LogP contribution in [-0.4, -0.2) is 47.3 Å². The Kier molecular flexibility index (Phi) is 4.54. The number of hydrogen-bond donors (Lipinski definition) is 1. The van der Waals surface area contributed by atoms with Crippen molar-refractivity contribution in [1.29, 1.82) is 0 Å². The smallest absolute Gasteiger partial charge is 0.320 e. The van der Waals surface area contributed by atoms with Crippen LogP contribution in [0.3, 0.4) is 0 Å². The molecule has 1 aliphatic heterocycles. The van der Waals surface area contributed by atoms with E-state index in [2.05, 4.69) is 0 Å². The summed E-state index contributed by atoms with van der Waals surface area (Å²) >= 11 is 0. The summed E-state index contributed by atoms with van der Waals surface area (Å²) in [6, 6.07) is -0.344. The van der Waals surface area contributed by atoms with Crippen LogP contribution < -0.4 is 0 Å². The van der Waals surface area contributed by atoms with Crippen LogP contribution in [0.5, 0.6) is 0 Å². The Balaban J connectivity index is 2.61. The average molecular weight is 215 g/mol. The van der Waals surface area contributed by atoms with Crippen molar-refractivity contribution < 1.29 is 14.6 Å². The van der Waals surface area contributed by atoms with Gasteiger partial charge in [-0.2, -0.15) is 0 Å². The van der Waals surface area contributed by atoms with E-state index in [9.17, 15) is 4.79 Å². The van der Waals surface area contributed by atoms with Gasteiger partial charge >= 0.3 is 5.97 Å². The number of rotatable bonds is 4. The third-order valence-corrected chi connectivity index (χ3v) is 2.74. The molecule has 4 nitrogen and oxygen atoms in total. The van der Waals surface area contributed by atoms with Gasteiger partial charge in [0.2, 0.25) is 0 Å². The second kappa shape index (κ2) is 5.47. The van der Waals surface area contributed by atoms with Gasteiger partial charge in [-0.25, -0.2) is 0 Å². The fourth-order valence-corrected chi connectivity index (χ4v) is 2.21. The molecule has 1 fully saturated rings. The van der Waals surface area contributed by atoms with Gasteiger partial charge < -0.3 is 9.84 Å². The predicted molar refractivity (Wildman–Crippen MR) is 57.9 cm³/mol. The number of morpholine rings is 1. The van der Waals surface area contributed by atoms with Gasteiger partial charge in [0.15, 0.2) is 0 Å². The van der Waals surface area contributed by atoms with E-state index in [0.29, 0.717) is 0 Å². The maximum atomic E-state index is 11.1. The van der Waals surface area contributed by atoms with E-state index < -0.39 is 5.97 Å². The molecule has 0 aliphatic carbocycles. The summed E-state index contributed by atoms with van der Waals surface area (Å²) in [5.74, 6) is -0.710. The van der Waals surface area contributed by atoms with Gasteiger partial charge in [0.25, 0.3) is 0 Å². The van der Waals surface area contributed by atoms with Crippen LogP contribution in [0.4, 0.5) is 0 Å². The van der Waals surface area contributed by atoms with Crippen LogP contribution in [-0.2, 0) is 9.53 Å². The van der Waals surface area contributed by atoms with E-state index in [0.717, 1.165) is 25.9 Å². The SMILES string of the molecule is CCCC(C(=O)O)N1CC(C)OC(C)C1. The molecule has 0 saturated carbocycles. The highest BCUT2D eigenvalue weighted by molar-refractivity contribution is 5.73. The Labute approximate surface area is 91.2 Å². The van der Waals surface area contributed by atoms with E-state index >= 15 is 0 Å². The largest absolute Gasteiger partial charge is 0.480 e. The molecule has 0 aromatic heterocycles. The molecule has 0 amide bonds. The highest BCUT2D eigenvalue weighted by atomic mass is 16.5. The maximum Gasteiger partial charge on any atom is 0.320 e. The number of aliphatic carboxylic acids is 1. The number of carboxylic acid groups (broad SMARTS) is 1. The van der Waals surface area contributed by atoms with Crippen molar-refractivity contribution >= 4 is 5.97 Å². The summed E-state index contributed by atoms with van der Waals surface area (Å²) < 4.78 is 5.59. The van der Waals surface area contributed by atoms with Crippen LogP contribution >= 0.6 is 0 Å². The van der Waals surface area contributed by atoms with Gasteiger partial charge in [-0.3, -0.25) is 9.69 Å². The van der Waals surface area contributed by atoms with Crippen LogP contribution in [0.1, 0.15) is 33.6 Å². The molecule has 88 valence electrons. The molecule has 0 aromatic rings. The van der Waals surface area contributed by atoms with Crippen molar-refractivity contribution in [2.45, 2.75) is 51.9 Å². The zero-order valence-electron chi connectivity index (χ0n) is 9.77. The Bertz CT molecular complexity index is 210. The van der Waals surface area contributed by atoms with Crippen LogP contribution in [0.15, 0.2) is 0 Å². The fourth-order valence-electron chi connectivity index (χ4n) is 2.21. The summed E-state index contributed by atoms with van der Waals surface area (Å²) in [4.78, 5) is 13.2. The molecule has 1 N–H and O–H groups in total. The number of ether oxygens (including phenoxy) is 1. The molecule has 1 saturated heterocycles. The second-order valence-electron chi connectivity index (χ2n) is 4.35. The van der Waals surface area contributed by atoms with Crippen molar-refractivity contribution in [3.05, 3.63) is 0 Å². The molecule has 1 rings (SSSR count). The van der Waals surface area contributed by atoms with Crippen LogP contribution in [0, 0.1) is 0 Å². The zero-order chi connectivity index (χ0) is 11.4. The lowest BCUT2D eigenvalue weighted by Crippen LogP contribution is -2.52.